The fraction of sp³-hybridized carbons (Fsp3) is 0.316. The van der Waals surface area contributed by atoms with Crippen LogP contribution in [0.5, 0.6) is 0 Å². The van der Waals surface area contributed by atoms with Gasteiger partial charge in [-0.25, -0.2) is 0 Å². The van der Waals surface area contributed by atoms with Crippen LogP contribution in [0, 0.1) is 0 Å². The van der Waals surface area contributed by atoms with E-state index in [2.05, 4.69) is 22.3 Å². The number of aromatic nitrogens is 3. The van der Waals surface area contributed by atoms with E-state index >= 15 is 0 Å². The number of Topliss-reactive ketones (excluding diaryl/α,β-unsaturated/α-hetero) is 1. The maximum Gasteiger partial charge on any atom is 0.162 e. The van der Waals surface area contributed by atoms with Gasteiger partial charge >= 0.3 is 0 Å². The van der Waals surface area contributed by atoms with Gasteiger partial charge in [-0.05, 0) is 30.5 Å². The van der Waals surface area contributed by atoms with E-state index in [-0.39, 0.29) is 5.78 Å². The fourth-order valence-electron chi connectivity index (χ4n) is 3.53. The summed E-state index contributed by atoms with van der Waals surface area (Å²) in [5.41, 5.74) is 2.21. The van der Waals surface area contributed by atoms with Crippen molar-refractivity contribution < 1.29 is 4.79 Å². The van der Waals surface area contributed by atoms with Gasteiger partial charge in [0.1, 0.15) is 16.6 Å². The van der Waals surface area contributed by atoms with Crippen LogP contribution in [0.15, 0.2) is 54.6 Å². The van der Waals surface area contributed by atoms with E-state index in [9.17, 15) is 4.79 Å². The molecule has 0 N–H and O–H groups in total. The van der Waals surface area contributed by atoms with Crippen LogP contribution in [0.1, 0.15) is 31.2 Å². The summed E-state index contributed by atoms with van der Waals surface area (Å²) >= 11 is 0. The molecule has 4 heteroatoms. The first-order chi connectivity index (χ1) is 11.3. The molecule has 1 aromatic heterocycles. The van der Waals surface area contributed by atoms with E-state index in [0.29, 0.717) is 12.8 Å². The van der Waals surface area contributed by atoms with Gasteiger partial charge in [0.15, 0.2) is 5.78 Å². The zero-order valence-corrected chi connectivity index (χ0v) is 13.0. The van der Waals surface area contributed by atoms with Gasteiger partial charge in [-0.15, -0.1) is 0 Å². The number of ketones is 1. The van der Waals surface area contributed by atoms with Crippen molar-refractivity contribution in [2.24, 2.45) is 0 Å². The third-order valence-corrected chi connectivity index (χ3v) is 4.77. The van der Waals surface area contributed by atoms with Crippen LogP contribution in [0.3, 0.4) is 0 Å². The molecule has 116 valence electrons. The molecular weight excluding hydrogens is 286 g/mol. The number of fused-ring (bicyclic) bond motifs is 1. The monoisotopic (exact) mass is 305 g/mol. The largest absolute Gasteiger partial charge is 0.297 e. The van der Waals surface area contributed by atoms with Gasteiger partial charge in [0.25, 0.3) is 0 Å². The fourth-order valence-corrected chi connectivity index (χ4v) is 3.53. The molecule has 1 fully saturated rings. The number of nitrogens with zero attached hydrogens (tertiary/aromatic N) is 3. The zero-order chi connectivity index (χ0) is 15.7. The highest BCUT2D eigenvalue weighted by atomic mass is 16.1. The van der Waals surface area contributed by atoms with Crippen LogP contribution in [0.25, 0.3) is 11.0 Å². The number of carbonyl (C=O) groups is 1. The normalized spacial score (nSPS) is 21.7. The number of carbonyl (C=O) groups excluding carboxylic acids is 1. The molecule has 1 heterocycles. The molecule has 0 bridgehead atoms. The first kappa shape index (κ1) is 14.1. The van der Waals surface area contributed by atoms with Gasteiger partial charge in [0.05, 0.1) is 0 Å². The lowest BCUT2D eigenvalue weighted by molar-refractivity contribution is -0.131. The molecule has 4 rings (SSSR count). The molecule has 2 aromatic carbocycles. The summed E-state index contributed by atoms with van der Waals surface area (Å²) in [5.74, 6) is 0.257. The van der Waals surface area contributed by atoms with E-state index in [4.69, 9.17) is 0 Å². The summed E-state index contributed by atoms with van der Waals surface area (Å²) in [6, 6.07) is 18.0. The molecule has 1 unspecified atom stereocenters. The molecule has 1 atom stereocenters. The van der Waals surface area contributed by atoms with Gasteiger partial charge in [-0.1, -0.05) is 48.9 Å². The Bertz CT molecular complexity index is 807. The topological polar surface area (TPSA) is 47.8 Å². The molecular formula is C19H19N3O. The second-order valence-electron chi connectivity index (χ2n) is 6.30. The number of hydrogen-bond acceptors (Lipinski definition) is 3. The predicted molar refractivity (Wildman–Crippen MR) is 89.1 cm³/mol. The van der Waals surface area contributed by atoms with E-state index in [1.165, 1.54) is 0 Å². The van der Waals surface area contributed by atoms with Crippen LogP contribution in [-0.2, 0) is 16.8 Å². The molecule has 3 aromatic rings. The number of rotatable bonds is 3. The molecule has 1 aliphatic carbocycles. The molecule has 0 aliphatic heterocycles. The van der Waals surface area contributed by atoms with Crippen molar-refractivity contribution in [3.8, 4) is 0 Å². The first-order valence-corrected chi connectivity index (χ1v) is 8.18. The van der Waals surface area contributed by atoms with Gasteiger partial charge in [0, 0.05) is 12.8 Å². The van der Waals surface area contributed by atoms with Crippen LogP contribution < -0.4 is 0 Å². The third kappa shape index (κ3) is 2.44. The first-order valence-electron chi connectivity index (χ1n) is 8.18. The summed E-state index contributed by atoms with van der Waals surface area (Å²) < 4.78 is 0. The maximum atomic E-state index is 12.9. The number of hydrogen-bond donors (Lipinski definition) is 0. The summed E-state index contributed by atoms with van der Waals surface area (Å²) in [7, 11) is 0. The van der Waals surface area contributed by atoms with Crippen LogP contribution in [0.2, 0.25) is 0 Å². The minimum atomic E-state index is -0.640. The molecule has 4 nitrogen and oxygen atoms in total. The standard InChI is InChI=1S/C19H19N3O/c23-18-12-6-7-13-19(18,14-15-8-2-1-3-9-15)22-20-16-10-4-5-11-17(16)21-22/h1-5,8-11H,6-7,12-14H2. The number of benzene rings is 2. The Hall–Kier alpha value is -2.49. The SMILES string of the molecule is O=C1CCCCC1(Cc1ccccc1)n1nc2ccccc2n1. The Balaban J connectivity index is 1.83. The molecule has 0 radical (unpaired) electrons. The van der Waals surface area contributed by atoms with E-state index in [0.717, 1.165) is 35.9 Å². The minimum Gasteiger partial charge on any atom is -0.297 e. The van der Waals surface area contributed by atoms with Crippen molar-refractivity contribution in [1.82, 2.24) is 15.0 Å². The summed E-state index contributed by atoms with van der Waals surface area (Å²) in [4.78, 5) is 14.6. The Morgan fingerprint density at radius 3 is 2.22 bits per heavy atom. The summed E-state index contributed by atoms with van der Waals surface area (Å²) in [6.45, 7) is 0. The highest BCUT2D eigenvalue weighted by molar-refractivity contribution is 5.87. The Kier molecular flexibility index (Phi) is 3.45. The molecule has 0 amide bonds. The molecule has 1 saturated carbocycles. The average Bonchev–Trinajstić information content (AvgIpc) is 3.02. The van der Waals surface area contributed by atoms with E-state index < -0.39 is 5.54 Å². The van der Waals surface area contributed by atoms with Gasteiger partial charge < -0.3 is 0 Å². The highest BCUT2D eigenvalue weighted by Gasteiger charge is 2.43. The third-order valence-electron chi connectivity index (χ3n) is 4.77. The van der Waals surface area contributed by atoms with Crippen molar-refractivity contribution in [2.45, 2.75) is 37.6 Å². The van der Waals surface area contributed by atoms with Crippen molar-refractivity contribution >= 4 is 16.8 Å². The van der Waals surface area contributed by atoms with E-state index in [1.807, 2.05) is 42.5 Å². The lowest BCUT2D eigenvalue weighted by atomic mass is 9.77. The summed E-state index contributed by atoms with van der Waals surface area (Å²) in [6.07, 6.45) is 4.09. The molecule has 0 saturated heterocycles. The van der Waals surface area contributed by atoms with Gasteiger partial charge in [0.2, 0.25) is 0 Å². The Labute approximate surface area is 135 Å². The van der Waals surface area contributed by atoms with Crippen LogP contribution in [-0.4, -0.2) is 20.8 Å². The molecule has 23 heavy (non-hydrogen) atoms. The predicted octanol–water partition coefficient (Wildman–Crippen LogP) is 3.51. The maximum absolute atomic E-state index is 12.9. The second-order valence-corrected chi connectivity index (χ2v) is 6.30. The highest BCUT2D eigenvalue weighted by Crippen LogP contribution is 2.35. The Morgan fingerprint density at radius 1 is 0.913 bits per heavy atom. The Morgan fingerprint density at radius 2 is 1.57 bits per heavy atom. The van der Waals surface area contributed by atoms with Crippen molar-refractivity contribution in [2.75, 3.05) is 0 Å². The lowest BCUT2D eigenvalue weighted by Gasteiger charge is -2.34. The second kappa shape index (κ2) is 5.61. The van der Waals surface area contributed by atoms with Crippen molar-refractivity contribution in [1.29, 1.82) is 0 Å². The smallest absolute Gasteiger partial charge is 0.162 e. The van der Waals surface area contributed by atoms with Crippen LogP contribution in [0.4, 0.5) is 0 Å². The van der Waals surface area contributed by atoms with Crippen molar-refractivity contribution in [3.05, 3.63) is 60.2 Å². The van der Waals surface area contributed by atoms with E-state index in [1.54, 1.807) is 4.80 Å². The zero-order valence-electron chi connectivity index (χ0n) is 13.0. The molecule has 0 spiro atoms. The summed E-state index contributed by atoms with van der Waals surface area (Å²) in [5, 5.41) is 9.28. The van der Waals surface area contributed by atoms with Gasteiger partial charge in [-0.3, -0.25) is 4.79 Å². The van der Waals surface area contributed by atoms with Gasteiger partial charge in [-0.2, -0.15) is 15.0 Å². The minimum absolute atomic E-state index is 0.257. The van der Waals surface area contributed by atoms with Crippen LogP contribution >= 0.6 is 0 Å². The lowest BCUT2D eigenvalue weighted by Crippen LogP contribution is -2.47. The quantitative estimate of drug-likeness (QED) is 0.744. The average molecular weight is 305 g/mol. The van der Waals surface area contributed by atoms with Crippen molar-refractivity contribution in [3.63, 3.8) is 0 Å². The molecule has 1 aliphatic rings.